The minimum Gasteiger partial charge on any atom is -0.491 e. The van der Waals surface area contributed by atoms with Gasteiger partial charge in [0, 0.05) is 32.5 Å². The number of benzene rings is 2. The lowest BCUT2D eigenvalue weighted by molar-refractivity contribution is -0.137. The average molecular weight is 529 g/mol. The van der Waals surface area contributed by atoms with Crippen LogP contribution >= 0.6 is 11.8 Å². The zero-order valence-electron chi connectivity index (χ0n) is 21.1. The molecule has 0 bridgehead atoms. The third kappa shape index (κ3) is 5.77. The standard InChI is InChI=1S/C28H27F3N2O3S/c1-16(2)36-20-10-8-19(9-11-20)33-23-13-6-17(22-12-7-18(15-32-22)28(29,30)31)14-21(23)25(24(33)26(34)35)37-27(3,4)5/h6-16H,1-5H3,(H,34,35). The van der Waals surface area contributed by atoms with Crippen LogP contribution in [0.15, 0.2) is 65.7 Å². The van der Waals surface area contributed by atoms with Crippen molar-refractivity contribution in [3.05, 3.63) is 72.1 Å². The van der Waals surface area contributed by atoms with E-state index in [1.165, 1.54) is 17.8 Å². The Morgan fingerprint density at radius 1 is 1.03 bits per heavy atom. The molecule has 5 nitrogen and oxygen atoms in total. The number of pyridine rings is 1. The summed E-state index contributed by atoms with van der Waals surface area (Å²) in [5.74, 6) is -0.410. The van der Waals surface area contributed by atoms with Crippen LogP contribution in [0.5, 0.6) is 5.75 Å². The Morgan fingerprint density at radius 2 is 1.70 bits per heavy atom. The van der Waals surface area contributed by atoms with E-state index in [1.54, 1.807) is 47.0 Å². The van der Waals surface area contributed by atoms with E-state index in [-0.39, 0.29) is 16.5 Å². The zero-order chi connectivity index (χ0) is 27.1. The molecule has 4 rings (SSSR count). The Hall–Kier alpha value is -3.46. The second-order valence-electron chi connectivity index (χ2n) is 9.86. The number of thioether (sulfide) groups is 1. The highest BCUT2D eigenvalue weighted by Crippen LogP contribution is 2.43. The van der Waals surface area contributed by atoms with Crippen molar-refractivity contribution in [2.45, 2.75) is 56.5 Å². The van der Waals surface area contributed by atoms with E-state index in [0.29, 0.717) is 38.5 Å². The predicted molar refractivity (Wildman–Crippen MR) is 140 cm³/mol. The van der Waals surface area contributed by atoms with Gasteiger partial charge in [0.1, 0.15) is 11.4 Å². The van der Waals surface area contributed by atoms with E-state index in [2.05, 4.69) is 4.98 Å². The number of carboxylic acid groups (broad SMARTS) is 1. The number of alkyl halides is 3. The molecule has 0 radical (unpaired) electrons. The summed E-state index contributed by atoms with van der Waals surface area (Å²) in [6.45, 7) is 9.83. The molecule has 0 aliphatic heterocycles. The predicted octanol–water partition coefficient (Wildman–Crippen LogP) is 8.09. The van der Waals surface area contributed by atoms with E-state index in [0.717, 1.165) is 12.3 Å². The summed E-state index contributed by atoms with van der Waals surface area (Å²) in [4.78, 5) is 17.2. The number of hydrogen-bond acceptors (Lipinski definition) is 4. The highest BCUT2D eigenvalue weighted by Gasteiger charge is 2.31. The van der Waals surface area contributed by atoms with Crippen LogP contribution in [-0.2, 0) is 6.18 Å². The SMILES string of the molecule is CC(C)Oc1ccc(-n2c(C(=O)O)c(SC(C)(C)C)c3cc(-c4ccc(C(F)(F)F)cn4)ccc32)cc1. The van der Waals surface area contributed by atoms with Gasteiger partial charge in [-0.15, -0.1) is 11.8 Å². The molecule has 0 saturated heterocycles. The van der Waals surface area contributed by atoms with Gasteiger partial charge < -0.3 is 14.4 Å². The summed E-state index contributed by atoms with van der Waals surface area (Å²) in [6, 6.07) is 14.8. The number of aromatic nitrogens is 2. The van der Waals surface area contributed by atoms with Gasteiger partial charge in [0.15, 0.2) is 0 Å². The van der Waals surface area contributed by atoms with Crippen LogP contribution in [0.25, 0.3) is 27.8 Å². The van der Waals surface area contributed by atoms with Crippen molar-refractivity contribution in [2.75, 3.05) is 0 Å². The second-order valence-corrected chi connectivity index (χ2v) is 11.7. The molecule has 0 unspecified atom stereocenters. The lowest BCUT2D eigenvalue weighted by Gasteiger charge is -2.18. The Balaban J connectivity index is 1.92. The van der Waals surface area contributed by atoms with E-state index < -0.39 is 17.7 Å². The molecule has 2 aromatic heterocycles. The van der Waals surface area contributed by atoms with Crippen LogP contribution in [0, 0.1) is 0 Å². The molecule has 4 aromatic rings. The first-order chi connectivity index (χ1) is 17.2. The van der Waals surface area contributed by atoms with Crippen molar-refractivity contribution < 1.29 is 27.8 Å². The number of carbonyl (C=O) groups is 1. The quantitative estimate of drug-likeness (QED) is 0.256. The molecule has 1 N–H and O–H groups in total. The van der Waals surface area contributed by atoms with Crippen molar-refractivity contribution in [3.8, 4) is 22.7 Å². The highest BCUT2D eigenvalue weighted by atomic mass is 32.2. The summed E-state index contributed by atoms with van der Waals surface area (Å²) in [5, 5.41) is 11.0. The molecule has 9 heteroatoms. The van der Waals surface area contributed by atoms with Crippen LogP contribution in [0.4, 0.5) is 13.2 Å². The first-order valence-corrected chi connectivity index (χ1v) is 12.5. The Kier molecular flexibility index (Phi) is 7.03. The van der Waals surface area contributed by atoms with Crippen molar-refractivity contribution in [1.82, 2.24) is 9.55 Å². The highest BCUT2D eigenvalue weighted by molar-refractivity contribution is 8.00. The fraction of sp³-hybridized carbons (Fsp3) is 0.286. The first-order valence-electron chi connectivity index (χ1n) is 11.7. The fourth-order valence-corrected chi connectivity index (χ4v) is 5.13. The van der Waals surface area contributed by atoms with Gasteiger partial charge in [-0.3, -0.25) is 4.98 Å². The maximum absolute atomic E-state index is 13.0. The molecule has 2 aromatic carbocycles. The van der Waals surface area contributed by atoms with Gasteiger partial charge >= 0.3 is 12.1 Å². The maximum Gasteiger partial charge on any atom is 0.417 e. The number of carboxylic acids is 1. The molecule has 0 aliphatic rings. The normalized spacial score (nSPS) is 12.4. The molecule has 0 amide bonds. The molecule has 0 saturated carbocycles. The Bertz CT molecular complexity index is 1440. The average Bonchev–Trinajstić information content (AvgIpc) is 3.11. The van der Waals surface area contributed by atoms with Gasteiger partial charge in [-0.2, -0.15) is 13.2 Å². The first kappa shape index (κ1) is 26.6. The molecular formula is C28H27F3N2O3S. The van der Waals surface area contributed by atoms with E-state index >= 15 is 0 Å². The van der Waals surface area contributed by atoms with Crippen LogP contribution < -0.4 is 4.74 Å². The van der Waals surface area contributed by atoms with Gasteiger partial charge in [-0.05, 0) is 62.4 Å². The van der Waals surface area contributed by atoms with Crippen LogP contribution in [0.3, 0.4) is 0 Å². The second kappa shape index (κ2) is 9.78. The lowest BCUT2D eigenvalue weighted by Crippen LogP contribution is -2.11. The number of nitrogens with zero attached hydrogens (tertiary/aromatic N) is 2. The molecule has 37 heavy (non-hydrogen) atoms. The number of aromatic carboxylic acids is 1. The van der Waals surface area contributed by atoms with Crippen molar-refractivity contribution in [1.29, 1.82) is 0 Å². The molecule has 0 fully saturated rings. The van der Waals surface area contributed by atoms with Crippen molar-refractivity contribution in [3.63, 3.8) is 0 Å². The lowest BCUT2D eigenvalue weighted by atomic mass is 10.1. The summed E-state index contributed by atoms with van der Waals surface area (Å²) in [6.07, 6.45) is -3.67. The van der Waals surface area contributed by atoms with Gasteiger partial charge in [-0.1, -0.05) is 26.8 Å². The minimum atomic E-state index is -4.48. The fourth-order valence-electron chi connectivity index (χ4n) is 3.97. The number of rotatable bonds is 6. The summed E-state index contributed by atoms with van der Waals surface area (Å²) >= 11 is 1.43. The Labute approximate surface area is 217 Å². The van der Waals surface area contributed by atoms with E-state index in [1.807, 2.05) is 34.6 Å². The summed E-state index contributed by atoms with van der Waals surface area (Å²) < 4.78 is 46.1. The zero-order valence-corrected chi connectivity index (χ0v) is 21.9. The molecule has 0 aliphatic carbocycles. The molecular weight excluding hydrogens is 501 g/mol. The molecule has 194 valence electrons. The third-order valence-electron chi connectivity index (χ3n) is 5.38. The molecule has 0 spiro atoms. The van der Waals surface area contributed by atoms with Gasteiger partial charge in [0.05, 0.1) is 22.9 Å². The third-order valence-corrected chi connectivity index (χ3v) is 6.61. The van der Waals surface area contributed by atoms with Gasteiger partial charge in [0.25, 0.3) is 0 Å². The number of fused-ring (bicyclic) bond motifs is 1. The summed E-state index contributed by atoms with van der Waals surface area (Å²) in [5.41, 5.74) is 1.56. The maximum atomic E-state index is 13.0. The van der Waals surface area contributed by atoms with Crippen LogP contribution in [0.2, 0.25) is 0 Å². The Morgan fingerprint density at radius 3 is 2.22 bits per heavy atom. The molecule has 2 heterocycles. The molecule has 0 atom stereocenters. The van der Waals surface area contributed by atoms with Crippen molar-refractivity contribution in [2.24, 2.45) is 0 Å². The van der Waals surface area contributed by atoms with Gasteiger partial charge in [0.2, 0.25) is 0 Å². The van der Waals surface area contributed by atoms with Crippen LogP contribution in [0.1, 0.15) is 50.7 Å². The largest absolute Gasteiger partial charge is 0.491 e. The smallest absolute Gasteiger partial charge is 0.417 e. The van der Waals surface area contributed by atoms with Gasteiger partial charge in [-0.25, -0.2) is 4.79 Å². The number of hydrogen-bond donors (Lipinski definition) is 1. The topological polar surface area (TPSA) is 64.3 Å². The van der Waals surface area contributed by atoms with Crippen molar-refractivity contribution >= 4 is 28.6 Å². The van der Waals surface area contributed by atoms with Crippen LogP contribution in [-0.4, -0.2) is 31.5 Å². The number of halogens is 3. The monoisotopic (exact) mass is 528 g/mol. The number of ether oxygens (including phenoxy) is 1. The van der Waals surface area contributed by atoms with E-state index in [9.17, 15) is 23.1 Å². The summed E-state index contributed by atoms with van der Waals surface area (Å²) in [7, 11) is 0. The minimum absolute atomic E-state index is 0.000134. The van der Waals surface area contributed by atoms with E-state index in [4.69, 9.17) is 4.74 Å².